The van der Waals surface area contributed by atoms with Crippen molar-refractivity contribution >= 4 is 11.4 Å². The van der Waals surface area contributed by atoms with Crippen molar-refractivity contribution in [2.45, 2.75) is 12.7 Å². The topological polar surface area (TPSA) is 55.9 Å². The lowest BCUT2D eigenvalue weighted by atomic mass is 10.1. The lowest BCUT2D eigenvalue weighted by Crippen LogP contribution is -2.10. The molecule has 7 heteroatoms. The zero-order valence-corrected chi connectivity index (χ0v) is 10.2. The minimum absolute atomic E-state index is 0.282. The Morgan fingerprint density at radius 1 is 1.32 bits per heavy atom. The molecule has 4 nitrogen and oxygen atoms in total. The standard InChI is InChI=1S/C12H13F3N4/c1-19-5-4-9(18-19)7-17-8-2-3-11(16)10(6-8)12(13,14)15/h2-6,17H,7,16H2,1H3. The van der Waals surface area contributed by atoms with Crippen molar-refractivity contribution in [1.82, 2.24) is 9.78 Å². The van der Waals surface area contributed by atoms with Crippen LogP contribution >= 0.6 is 0 Å². The summed E-state index contributed by atoms with van der Waals surface area (Å²) in [5, 5.41) is 7.00. The third kappa shape index (κ3) is 3.18. The Balaban J connectivity index is 2.13. The molecular weight excluding hydrogens is 257 g/mol. The minimum Gasteiger partial charge on any atom is -0.398 e. The zero-order valence-electron chi connectivity index (χ0n) is 10.2. The smallest absolute Gasteiger partial charge is 0.398 e. The van der Waals surface area contributed by atoms with E-state index in [1.807, 2.05) is 0 Å². The summed E-state index contributed by atoms with van der Waals surface area (Å²) < 4.78 is 39.6. The summed E-state index contributed by atoms with van der Waals surface area (Å²) >= 11 is 0. The predicted molar refractivity (Wildman–Crippen MR) is 66.4 cm³/mol. The van der Waals surface area contributed by atoms with Crippen LogP contribution in [0.1, 0.15) is 11.3 Å². The molecule has 0 radical (unpaired) electrons. The number of anilines is 2. The maximum Gasteiger partial charge on any atom is 0.418 e. The van der Waals surface area contributed by atoms with Gasteiger partial charge in [0.25, 0.3) is 0 Å². The van der Waals surface area contributed by atoms with Gasteiger partial charge in [-0.25, -0.2) is 0 Å². The van der Waals surface area contributed by atoms with E-state index in [0.29, 0.717) is 12.2 Å². The number of alkyl halides is 3. The Labute approximate surface area is 108 Å². The van der Waals surface area contributed by atoms with Gasteiger partial charge in [-0.15, -0.1) is 0 Å². The number of halogens is 3. The van der Waals surface area contributed by atoms with Crippen LogP contribution in [0.25, 0.3) is 0 Å². The van der Waals surface area contributed by atoms with Crippen molar-refractivity contribution in [1.29, 1.82) is 0 Å². The molecular formula is C12H13F3N4. The molecule has 1 aromatic heterocycles. The van der Waals surface area contributed by atoms with Gasteiger partial charge in [-0.3, -0.25) is 4.68 Å². The number of nitrogens with two attached hydrogens (primary N) is 1. The molecule has 102 valence electrons. The van der Waals surface area contributed by atoms with E-state index < -0.39 is 11.7 Å². The summed E-state index contributed by atoms with van der Waals surface area (Å²) in [6.07, 6.45) is -2.69. The first kappa shape index (κ1) is 13.3. The summed E-state index contributed by atoms with van der Waals surface area (Å²) in [7, 11) is 1.77. The van der Waals surface area contributed by atoms with Crippen molar-refractivity contribution in [3.63, 3.8) is 0 Å². The molecule has 0 fully saturated rings. The Morgan fingerprint density at radius 3 is 2.63 bits per heavy atom. The molecule has 0 aliphatic rings. The Bertz CT molecular complexity index is 575. The third-order valence-electron chi connectivity index (χ3n) is 2.60. The monoisotopic (exact) mass is 270 g/mol. The molecule has 0 spiro atoms. The van der Waals surface area contributed by atoms with E-state index in [2.05, 4.69) is 10.4 Å². The van der Waals surface area contributed by atoms with E-state index in [1.165, 1.54) is 12.1 Å². The highest BCUT2D eigenvalue weighted by Crippen LogP contribution is 2.35. The fraction of sp³-hybridized carbons (Fsp3) is 0.250. The molecule has 2 rings (SSSR count). The number of hydrogen-bond donors (Lipinski definition) is 2. The third-order valence-corrected chi connectivity index (χ3v) is 2.60. The van der Waals surface area contributed by atoms with Crippen molar-refractivity contribution < 1.29 is 13.2 Å². The molecule has 19 heavy (non-hydrogen) atoms. The molecule has 0 bridgehead atoms. The SMILES string of the molecule is Cn1ccc(CNc2ccc(N)c(C(F)(F)F)c2)n1. The Hall–Kier alpha value is -2.18. The van der Waals surface area contributed by atoms with Crippen molar-refractivity contribution in [3.05, 3.63) is 41.7 Å². The van der Waals surface area contributed by atoms with Crippen molar-refractivity contribution in [2.24, 2.45) is 7.05 Å². The first-order valence-corrected chi connectivity index (χ1v) is 5.55. The number of nitrogens with one attached hydrogen (secondary N) is 1. The van der Waals surface area contributed by atoms with E-state index in [9.17, 15) is 13.2 Å². The summed E-state index contributed by atoms with van der Waals surface area (Å²) in [4.78, 5) is 0. The van der Waals surface area contributed by atoms with Gasteiger partial charge in [0, 0.05) is 24.6 Å². The summed E-state index contributed by atoms with van der Waals surface area (Å²) in [5.74, 6) is 0. The molecule has 0 saturated carbocycles. The average Bonchev–Trinajstić information content (AvgIpc) is 2.72. The number of nitrogen functional groups attached to an aromatic ring is 1. The van der Waals surface area contributed by atoms with E-state index in [4.69, 9.17) is 5.73 Å². The van der Waals surface area contributed by atoms with Gasteiger partial charge in [0.2, 0.25) is 0 Å². The highest BCUT2D eigenvalue weighted by molar-refractivity contribution is 5.58. The predicted octanol–water partition coefficient (Wildman–Crippen LogP) is 2.63. The summed E-state index contributed by atoms with van der Waals surface area (Å²) in [5.41, 5.74) is 5.30. The number of rotatable bonds is 3. The van der Waals surface area contributed by atoms with E-state index in [-0.39, 0.29) is 5.69 Å². The molecule has 0 amide bonds. The van der Waals surface area contributed by atoms with E-state index in [1.54, 1.807) is 24.0 Å². The average molecular weight is 270 g/mol. The second-order valence-corrected chi connectivity index (χ2v) is 4.13. The molecule has 0 atom stereocenters. The number of aromatic nitrogens is 2. The van der Waals surface area contributed by atoms with Crippen LogP contribution in [0.5, 0.6) is 0 Å². The fourth-order valence-electron chi connectivity index (χ4n) is 1.66. The number of benzene rings is 1. The first-order chi connectivity index (χ1) is 8.86. The van der Waals surface area contributed by atoms with Crippen LogP contribution < -0.4 is 11.1 Å². The highest BCUT2D eigenvalue weighted by atomic mass is 19.4. The quantitative estimate of drug-likeness (QED) is 0.843. The molecule has 0 unspecified atom stereocenters. The van der Waals surface area contributed by atoms with Crippen molar-refractivity contribution in [3.8, 4) is 0 Å². The first-order valence-electron chi connectivity index (χ1n) is 5.55. The van der Waals surface area contributed by atoms with Gasteiger partial charge in [-0.1, -0.05) is 0 Å². The van der Waals surface area contributed by atoms with E-state index >= 15 is 0 Å². The minimum atomic E-state index is -4.45. The lowest BCUT2D eigenvalue weighted by molar-refractivity contribution is -0.136. The normalized spacial score (nSPS) is 11.6. The second-order valence-electron chi connectivity index (χ2n) is 4.13. The molecule has 3 N–H and O–H groups in total. The fourth-order valence-corrected chi connectivity index (χ4v) is 1.66. The molecule has 0 saturated heterocycles. The Kier molecular flexibility index (Phi) is 3.37. The lowest BCUT2D eigenvalue weighted by Gasteiger charge is -2.12. The van der Waals surface area contributed by atoms with Gasteiger partial charge >= 0.3 is 6.18 Å². The van der Waals surface area contributed by atoms with Gasteiger partial charge in [-0.2, -0.15) is 18.3 Å². The van der Waals surface area contributed by atoms with Crippen molar-refractivity contribution in [2.75, 3.05) is 11.1 Å². The number of aryl methyl sites for hydroxylation is 1. The van der Waals surface area contributed by atoms with Crippen LogP contribution in [0.15, 0.2) is 30.5 Å². The maximum absolute atomic E-state index is 12.7. The number of nitrogens with zero attached hydrogens (tertiary/aromatic N) is 2. The van der Waals surface area contributed by atoms with Gasteiger partial charge in [0.05, 0.1) is 17.8 Å². The van der Waals surface area contributed by atoms with Crippen LogP contribution in [0.2, 0.25) is 0 Å². The highest BCUT2D eigenvalue weighted by Gasteiger charge is 2.33. The van der Waals surface area contributed by atoms with E-state index in [0.717, 1.165) is 11.8 Å². The van der Waals surface area contributed by atoms with Gasteiger partial charge in [-0.05, 0) is 24.3 Å². The van der Waals surface area contributed by atoms with Crippen LogP contribution in [-0.2, 0) is 19.8 Å². The van der Waals surface area contributed by atoms with Crippen LogP contribution in [0.3, 0.4) is 0 Å². The van der Waals surface area contributed by atoms with Gasteiger partial charge < -0.3 is 11.1 Å². The summed E-state index contributed by atoms with van der Waals surface area (Å²) in [6, 6.07) is 5.53. The molecule has 0 aliphatic carbocycles. The Morgan fingerprint density at radius 2 is 2.05 bits per heavy atom. The largest absolute Gasteiger partial charge is 0.418 e. The van der Waals surface area contributed by atoms with Gasteiger partial charge in [0.15, 0.2) is 0 Å². The second kappa shape index (κ2) is 4.83. The molecule has 0 aliphatic heterocycles. The molecule has 2 aromatic rings. The van der Waals surface area contributed by atoms with Crippen LogP contribution in [0, 0.1) is 0 Å². The van der Waals surface area contributed by atoms with Crippen LogP contribution in [-0.4, -0.2) is 9.78 Å². The summed E-state index contributed by atoms with van der Waals surface area (Å²) in [6.45, 7) is 0.349. The maximum atomic E-state index is 12.7. The zero-order chi connectivity index (χ0) is 14.0. The molecule has 1 heterocycles. The molecule has 1 aromatic carbocycles. The van der Waals surface area contributed by atoms with Gasteiger partial charge in [0.1, 0.15) is 0 Å². The number of hydrogen-bond acceptors (Lipinski definition) is 3. The van der Waals surface area contributed by atoms with Crippen LogP contribution in [0.4, 0.5) is 24.5 Å².